The number of cyclic esters (lactones) is 1. The summed E-state index contributed by atoms with van der Waals surface area (Å²) in [6, 6.07) is 17.0. The third kappa shape index (κ3) is 1.91. The fourth-order valence-corrected chi connectivity index (χ4v) is 2.14. The van der Waals surface area contributed by atoms with Crippen LogP contribution in [0.15, 0.2) is 54.6 Å². The average molecular weight is 255 g/mol. The van der Waals surface area contributed by atoms with Gasteiger partial charge in [-0.05, 0) is 12.1 Å². The van der Waals surface area contributed by atoms with E-state index in [1.54, 1.807) is 12.0 Å². The van der Waals surface area contributed by atoms with Crippen LogP contribution in [0.3, 0.4) is 0 Å². The zero-order chi connectivity index (χ0) is 13.2. The second kappa shape index (κ2) is 4.65. The molecule has 0 spiro atoms. The van der Waals surface area contributed by atoms with Crippen LogP contribution in [0.5, 0.6) is 5.75 Å². The number of hydrogen-bond donors (Lipinski definition) is 0. The van der Waals surface area contributed by atoms with Gasteiger partial charge >= 0.3 is 6.09 Å². The van der Waals surface area contributed by atoms with Crippen molar-refractivity contribution in [3.63, 3.8) is 0 Å². The molecule has 1 aliphatic heterocycles. The van der Waals surface area contributed by atoms with Crippen molar-refractivity contribution in [3.05, 3.63) is 60.2 Å². The summed E-state index contributed by atoms with van der Waals surface area (Å²) in [5.41, 5.74) is 1.66. The molecule has 2 aromatic rings. The van der Waals surface area contributed by atoms with Crippen molar-refractivity contribution in [1.82, 2.24) is 0 Å². The van der Waals surface area contributed by atoms with Crippen molar-refractivity contribution in [2.45, 2.75) is 6.23 Å². The molecule has 1 unspecified atom stereocenters. The van der Waals surface area contributed by atoms with E-state index in [9.17, 15) is 4.79 Å². The van der Waals surface area contributed by atoms with Crippen LogP contribution < -0.4 is 9.64 Å². The number of nitrogens with zero attached hydrogens (tertiary/aromatic N) is 1. The molecule has 0 saturated carbocycles. The molecule has 1 fully saturated rings. The predicted octanol–water partition coefficient (Wildman–Crippen LogP) is 3.35. The van der Waals surface area contributed by atoms with E-state index in [0.717, 1.165) is 11.3 Å². The number of hydrogen-bond acceptors (Lipinski definition) is 3. The summed E-state index contributed by atoms with van der Waals surface area (Å²) in [5, 5.41) is 0. The van der Waals surface area contributed by atoms with Crippen molar-refractivity contribution in [3.8, 4) is 5.75 Å². The van der Waals surface area contributed by atoms with E-state index in [1.165, 1.54) is 0 Å². The number of benzene rings is 2. The van der Waals surface area contributed by atoms with Crippen molar-refractivity contribution < 1.29 is 14.3 Å². The van der Waals surface area contributed by atoms with Gasteiger partial charge in [0.25, 0.3) is 0 Å². The first-order chi connectivity index (χ1) is 9.31. The van der Waals surface area contributed by atoms with Gasteiger partial charge in [0.2, 0.25) is 6.23 Å². The Bertz CT molecular complexity index is 597. The van der Waals surface area contributed by atoms with E-state index in [4.69, 9.17) is 9.47 Å². The van der Waals surface area contributed by atoms with Crippen LogP contribution in [-0.4, -0.2) is 13.2 Å². The molecule has 96 valence electrons. The number of ether oxygens (including phenoxy) is 2. The van der Waals surface area contributed by atoms with Gasteiger partial charge in [0.05, 0.1) is 12.8 Å². The Kier molecular flexibility index (Phi) is 2.83. The van der Waals surface area contributed by atoms with Crippen LogP contribution in [0.1, 0.15) is 11.8 Å². The second-order valence-corrected chi connectivity index (χ2v) is 4.19. The first-order valence-corrected chi connectivity index (χ1v) is 5.99. The highest BCUT2D eigenvalue weighted by atomic mass is 16.6. The van der Waals surface area contributed by atoms with E-state index in [2.05, 4.69) is 0 Å². The summed E-state index contributed by atoms with van der Waals surface area (Å²) in [4.78, 5) is 13.3. The highest BCUT2D eigenvalue weighted by Crippen LogP contribution is 2.41. The molecule has 1 aliphatic rings. The Morgan fingerprint density at radius 1 is 1.05 bits per heavy atom. The first-order valence-electron chi connectivity index (χ1n) is 5.99. The van der Waals surface area contributed by atoms with Crippen LogP contribution in [-0.2, 0) is 4.74 Å². The topological polar surface area (TPSA) is 38.8 Å². The normalized spacial score (nSPS) is 17.6. The Balaban J connectivity index is 1.97. The summed E-state index contributed by atoms with van der Waals surface area (Å²) in [7, 11) is 1.58. The Morgan fingerprint density at radius 3 is 2.42 bits per heavy atom. The molecular weight excluding hydrogens is 242 g/mol. The maximum Gasteiger partial charge on any atom is 0.419 e. The molecule has 4 nitrogen and oxygen atoms in total. The fourth-order valence-electron chi connectivity index (χ4n) is 2.14. The number of para-hydroxylation sites is 2. The molecule has 4 heteroatoms. The number of amides is 1. The van der Waals surface area contributed by atoms with Crippen LogP contribution in [0.4, 0.5) is 10.5 Å². The lowest BCUT2D eigenvalue weighted by atomic mass is 10.1. The largest absolute Gasteiger partial charge is 0.495 e. The van der Waals surface area contributed by atoms with Crippen LogP contribution in [0.2, 0.25) is 0 Å². The van der Waals surface area contributed by atoms with Crippen molar-refractivity contribution in [2.75, 3.05) is 12.0 Å². The standard InChI is InChI=1S/C15H13NO3/c1-18-13-10-6-5-9-12(13)16-14(19-15(16)17)11-7-3-2-4-8-11/h2-10,14H,1H3. The zero-order valence-electron chi connectivity index (χ0n) is 10.4. The van der Waals surface area contributed by atoms with Crippen LogP contribution in [0, 0.1) is 0 Å². The van der Waals surface area contributed by atoms with Gasteiger partial charge in [-0.15, -0.1) is 0 Å². The van der Waals surface area contributed by atoms with Crippen LogP contribution >= 0.6 is 0 Å². The molecule has 0 radical (unpaired) electrons. The zero-order valence-corrected chi connectivity index (χ0v) is 10.4. The number of carbonyl (C=O) groups is 1. The maximum atomic E-state index is 11.7. The molecule has 2 aromatic carbocycles. The van der Waals surface area contributed by atoms with E-state index >= 15 is 0 Å². The molecule has 0 aromatic heterocycles. The quantitative estimate of drug-likeness (QED) is 0.844. The minimum atomic E-state index is -0.384. The van der Waals surface area contributed by atoms with Gasteiger partial charge in [0.1, 0.15) is 5.75 Å². The summed E-state index contributed by atoms with van der Waals surface area (Å²) >= 11 is 0. The highest BCUT2D eigenvalue weighted by Gasteiger charge is 2.41. The Morgan fingerprint density at radius 2 is 1.74 bits per heavy atom. The molecule has 19 heavy (non-hydrogen) atoms. The van der Waals surface area contributed by atoms with Gasteiger partial charge in [-0.25, -0.2) is 9.69 Å². The lowest BCUT2D eigenvalue weighted by Gasteiger charge is -2.40. The third-order valence-electron chi connectivity index (χ3n) is 3.07. The van der Waals surface area contributed by atoms with Gasteiger partial charge in [0.15, 0.2) is 0 Å². The second-order valence-electron chi connectivity index (χ2n) is 4.19. The van der Waals surface area contributed by atoms with Gasteiger partial charge in [-0.3, -0.25) is 0 Å². The fraction of sp³-hybridized carbons (Fsp3) is 0.133. The maximum absolute atomic E-state index is 11.7. The van der Waals surface area contributed by atoms with Crippen molar-refractivity contribution in [1.29, 1.82) is 0 Å². The summed E-state index contributed by atoms with van der Waals surface area (Å²) < 4.78 is 10.5. The molecule has 0 N–H and O–H groups in total. The molecule has 1 atom stereocenters. The summed E-state index contributed by atoms with van der Waals surface area (Å²) in [6.45, 7) is 0. The lowest BCUT2D eigenvalue weighted by Crippen LogP contribution is -2.48. The van der Waals surface area contributed by atoms with E-state index in [0.29, 0.717) is 5.75 Å². The van der Waals surface area contributed by atoms with Gasteiger partial charge in [-0.1, -0.05) is 42.5 Å². The average Bonchev–Trinajstić information content (AvgIpc) is 2.46. The summed E-state index contributed by atoms with van der Waals surface area (Å²) in [6.07, 6.45) is -0.747. The predicted molar refractivity (Wildman–Crippen MR) is 71.1 cm³/mol. The summed E-state index contributed by atoms with van der Waals surface area (Å²) in [5.74, 6) is 0.653. The molecule has 3 rings (SSSR count). The van der Waals surface area contributed by atoms with Gasteiger partial charge in [0, 0.05) is 5.56 Å². The van der Waals surface area contributed by atoms with Gasteiger partial charge < -0.3 is 9.47 Å². The molecule has 0 bridgehead atoms. The van der Waals surface area contributed by atoms with Crippen LogP contribution in [0.25, 0.3) is 0 Å². The monoisotopic (exact) mass is 255 g/mol. The number of methoxy groups -OCH3 is 1. The first kappa shape index (κ1) is 11.6. The Hall–Kier alpha value is -2.49. The number of anilines is 1. The lowest BCUT2D eigenvalue weighted by molar-refractivity contribution is 0.0425. The Labute approximate surface area is 111 Å². The van der Waals surface area contributed by atoms with Crippen molar-refractivity contribution >= 4 is 11.8 Å². The van der Waals surface area contributed by atoms with Gasteiger partial charge in [-0.2, -0.15) is 0 Å². The number of carbonyl (C=O) groups excluding carboxylic acids is 1. The van der Waals surface area contributed by atoms with Crippen molar-refractivity contribution in [2.24, 2.45) is 0 Å². The highest BCUT2D eigenvalue weighted by molar-refractivity contribution is 5.95. The minimum absolute atomic E-state index is 0.363. The third-order valence-corrected chi connectivity index (χ3v) is 3.07. The molecular formula is C15H13NO3. The van der Waals surface area contributed by atoms with E-state index in [-0.39, 0.29) is 12.3 Å². The van der Waals surface area contributed by atoms with E-state index in [1.807, 2.05) is 54.6 Å². The van der Waals surface area contributed by atoms with E-state index < -0.39 is 0 Å². The smallest absolute Gasteiger partial charge is 0.419 e. The SMILES string of the molecule is COc1ccccc1N1C(=O)OC1c1ccccc1. The molecule has 0 aliphatic carbocycles. The number of rotatable bonds is 3. The minimum Gasteiger partial charge on any atom is -0.495 e. The molecule has 1 saturated heterocycles. The molecule has 1 heterocycles. The molecule has 1 amide bonds.